The van der Waals surface area contributed by atoms with Gasteiger partial charge >= 0.3 is 0 Å². The summed E-state index contributed by atoms with van der Waals surface area (Å²) in [6.45, 7) is 2.37. The Balaban J connectivity index is 2.38. The third kappa shape index (κ3) is 3.06. The predicted molar refractivity (Wildman–Crippen MR) is 75.3 cm³/mol. The minimum absolute atomic E-state index is 0.235. The lowest BCUT2D eigenvalue weighted by Gasteiger charge is -2.07. The minimum Gasteiger partial charge on any atom is -0.492 e. The molecule has 1 aromatic heterocycles. The smallest absolute Gasteiger partial charge is 0.196 e. The van der Waals surface area contributed by atoms with Gasteiger partial charge in [-0.2, -0.15) is 0 Å². The number of carbonyl (C=O) groups is 1. The summed E-state index contributed by atoms with van der Waals surface area (Å²) in [7, 11) is 0. The van der Waals surface area contributed by atoms with Crippen LogP contribution in [-0.2, 0) is 0 Å². The van der Waals surface area contributed by atoms with Crippen LogP contribution < -0.4 is 4.74 Å². The van der Waals surface area contributed by atoms with E-state index in [-0.39, 0.29) is 10.8 Å². The summed E-state index contributed by atoms with van der Waals surface area (Å²) >= 11 is 11.9. The maximum absolute atomic E-state index is 12.3. The van der Waals surface area contributed by atoms with E-state index in [1.165, 1.54) is 6.20 Å². The summed E-state index contributed by atoms with van der Waals surface area (Å²) in [6.07, 6.45) is 3.03. The van der Waals surface area contributed by atoms with E-state index in [9.17, 15) is 4.79 Å². The first-order valence-electron chi connectivity index (χ1n) is 5.70. The average molecular weight is 296 g/mol. The Labute approximate surface area is 121 Å². The quantitative estimate of drug-likeness (QED) is 0.800. The highest BCUT2D eigenvalue weighted by atomic mass is 35.5. The summed E-state index contributed by atoms with van der Waals surface area (Å²) in [5.74, 6) is 0.313. The number of ether oxygens (including phenoxy) is 1. The highest BCUT2D eigenvalue weighted by Crippen LogP contribution is 2.27. The molecule has 98 valence electrons. The fraction of sp³-hybridized carbons (Fsp3) is 0.143. The van der Waals surface area contributed by atoms with Gasteiger partial charge in [-0.25, -0.2) is 0 Å². The molecular formula is C14H11Cl2NO2. The van der Waals surface area contributed by atoms with Crippen LogP contribution in [-0.4, -0.2) is 17.4 Å². The molecule has 0 spiro atoms. The van der Waals surface area contributed by atoms with Crippen molar-refractivity contribution < 1.29 is 9.53 Å². The molecule has 5 heteroatoms. The molecule has 1 heterocycles. The van der Waals surface area contributed by atoms with Gasteiger partial charge in [-0.1, -0.05) is 29.3 Å². The molecule has 0 N–H and O–H groups in total. The first-order chi connectivity index (χ1) is 9.13. The number of pyridine rings is 1. The summed E-state index contributed by atoms with van der Waals surface area (Å²) < 4.78 is 5.31. The van der Waals surface area contributed by atoms with E-state index in [2.05, 4.69) is 4.98 Å². The number of aromatic nitrogens is 1. The number of carbonyl (C=O) groups excluding carboxylic acids is 1. The molecule has 0 aliphatic carbocycles. The Morgan fingerprint density at radius 1 is 1.32 bits per heavy atom. The summed E-state index contributed by atoms with van der Waals surface area (Å²) in [4.78, 5) is 16.3. The molecule has 0 saturated heterocycles. The van der Waals surface area contributed by atoms with Gasteiger partial charge in [0.05, 0.1) is 22.8 Å². The normalized spacial score (nSPS) is 10.3. The van der Waals surface area contributed by atoms with Gasteiger partial charge in [0.1, 0.15) is 5.75 Å². The predicted octanol–water partition coefficient (Wildman–Crippen LogP) is 4.02. The Hall–Kier alpha value is -1.58. The zero-order chi connectivity index (χ0) is 13.8. The van der Waals surface area contributed by atoms with Crippen molar-refractivity contribution >= 4 is 29.0 Å². The van der Waals surface area contributed by atoms with Crippen LogP contribution in [0.3, 0.4) is 0 Å². The highest BCUT2D eigenvalue weighted by Gasteiger charge is 2.15. The molecule has 2 aromatic rings. The number of benzene rings is 1. The van der Waals surface area contributed by atoms with Crippen LogP contribution in [0.5, 0.6) is 5.75 Å². The van der Waals surface area contributed by atoms with Crippen molar-refractivity contribution in [3.05, 3.63) is 57.8 Å². The Kier molecular flexibility index (Phi) is 4.40. The van der Waals surface area contributed by atoms with Crippen LogP contribution in [0.1, 0.15) is 22.8 Å². The van der Waals surface area contributed by atoms with Crippen LogP contribution in [0.15, 0.2) is 36.7 Å². The van der Waals surface area contributed by atoms with Gasteiger partial charge in [-0.05, 0) is 25.1 Å². The van der Waals surface area contributed by atoms with Gasteiger partial charge in [0, 0.05) is 17.3 Å². The molecule has 0 saturated carbocycles. The molecule has 0 aliphatic rings. The monoisotopic (exact) mass is 295 g/mol. The molecular weight excluding hydrogens is 285 g/mol. The molecule has 1 aromatic carbocycles. The number of rotatable bonds is 4. The molecule has 0 fully saturated rings. The fourth-order valence-electron chi connectivity index (χ4n) is 1.62. The van der Waals surface area contributed by atoms with Crippen LogP contribution in [0.2, 0.25) is 10.0 Å². The fourth-order valence-corrected chi connectivity index (χ4v) is 2.01. The first-order valence-corrected chi connectivity index (χ1v) is 6.45. The van der Waals surface area contributed by atoms with E-state index in [1.54, 1.807) is 30.5 Å². The van der Waals surface area contributed by atoms with E-state index < -0.39 is 0 Å². The number of hydrogen-bond donors (Lipinski definition) is 0. The standard InChI is InChI=1S/C14H11Cl2NO2/c1-2-19-10-6-9(7-17-8-10)14(18)11-4-3-5-12(15)13(11)16/h3-8H,2H2,1H3. The summed E-state index contributed by atoms with van der Waals surface area (Å²) in [5, 5.41) is 0.595. The second-order valence-corrected chi connectivity index (χ2v) is 4.56. The molecule has 0 bridgehead atoms. The van der Waals surface area contributed by atoms with Gasteiger partial charge in [0.25, 0.3) is 0 Å². The number of hydrogen-bond acceptors (Lipinski definition) is 3. The van der Waals surface area contributed by atoms with E-state index in [0.29, 0.717) is 28.5 Å². The van der Waals surface area contributed by atoms with Crippen LogP contribution in [0.25, 0.3) is 0 Å². The van der Waals surface area contributed by atoms with Crippen LogP contribution >= 0.6 is 23.2 Å². The molecule has 2 rings (SSSR count). The second-order valence-electron chi connectivity index (χ2n) is 3.77. The van der Waals surface area contributed by atoms with Gasteiger partial charge in [0.15, 0.2) is 5.78 Å². The zero-order valence-corrected chi connectivity index (χ0v) is 11.7. The van der Waals surface area contributed by atoms with Crippen molar-refractivity contribution in [2.75, 3.05) is 6.61 Å². The molecule has 0 amide bonds. The molecule has 0 radical (unpaired) electrons. The van der Waals surface area contributed by atoms with E-state index >= 15 is 0 Å². The lowest BCUT2D eigenvalue weighted by Crippen LogP contribution is -2.04. The van der Waals surface area contributed by atoms with Crippen molar-refractivity contribution in [3.63, 3.8) is 0 Å². The number of nitrogens with zero attached hydrogens (tertiary/aromatic N) is 1. The average Bonchev–Trinajstić information content (AvgIpc) is 2.42. The number of ketones is 1. The molecule has 19 heavy (non-hydrogen) atoms. The lowest BCUT2D eigenvalue weighted by molar-refractivity contribution is 0.103. The Morgan fingerprint density at radius 3 is 2.84 bits per heavy atom. The van der Waals surface area contributed by atoms with E-state index in [1.807, 2.05) is 6.92 Å². The molecule has 0 unspecified atom stereocenters. The van der Waals surface area contributed by atoms with Crippen molar-refractivity contribution in [2.24, 2.45) is 0 Å². The van der Waals surface area contributed by atoms with Crippen LogP contribution in [0, 0.1) is 0 Å². The van der Waals surface area contributed by atoms with Crippen molar-refractivity contribution in [3.8, 4) is 5.75 Å². The SMILES string of the molecule is CCOc1cncc(C(=O)c2cccc(Cl)c2Cl)c1. The van der Waals surface area contributed by atoms with Crippen molar-refractivity contribution in [2.45, 2.75) is 6.92 Å². The van der Waals surface area contributed by atoms with E-state index in [4.69, 9.17) is 27.9 Å². The lowest BCUT2D eigenvalue weighted by atomic mass is 10.1. The maximum atomic E-state index is 12.3. The molecule has 0 aliphatic heterocycles. The van der Waals surface area contributed by atoms with Gasteiger partial charge in [-0.15, -0.1) is 0 Å². The largest absolute Gasteiger partial charge is 0.492 e. The third-order valence-corrected chi connectivity index (χ3v) is 3.30. The highest BCUT2D eigenvalue weighted by molar-refractivity contribution is 6.44. The topological polar surface area (TPSA) is 39.2 Å². The van der Waals surface area contributed by atoms with Crippen molar-refractivity contribution in [1.82, 2.24) is 4.98 Å². The maximum Gasteiger partial charge on any atom is 0.196 e. The molecule has 0 atom stereocenters. The zero-order valence-electron chi connectivity index (χ0n) is 10.2. The van der Waals surface area contributed by atoms with E-state index in [0.717, 1.165) is 0 Å². The van der Waals surface area contributed by atoms with Gasteiger partial charge in [0.2, 0.25) is 0 Å². The minimum atomic E-state index is -0.235. The Morgan fingerprint density at radius 2 is 2.11 bits per heavy atom. The van der Waals surface area contributed by atoms with Crippen molar-refractivity contribution in [1.29, 1.82) is 0 Å². The second kappa shape index (κ2) is 6.04. The Bertz CT molecular complexity index is 614. The summed E-state index contributed by atoms with van der Waals surface area (Å²) in [6, 6.07) is 6.58. The third-order valence-electron chi connectivity index (χ3n) is 2.48. The number of halogens is 2. The summed E-state index contributed by atoms with van der Waals surface area (Å²) in [5.41, 5.74) is 0.764. The molecule has 3 nitrogen and oxygen atoms in total. The first kappa shape index (κ1) is 13.8. The van der Waals surface area contributed by atoms with Crippen LogP contribution in [0.4, 0.5) is 0 Å². The van der Waals surface area contributed by atoms with Gasteiger partial charge < -0.3 is 4.74 Å². The van der Waals surface area contributed by atoms with Gasteiger partial charge in [-0.3, -0.25) is 9.78 Å².